The van der Waals surface area contributed by atoms with Gasteiger partial charge < -0.3 is 20.1 Å². The van der Waals surface area contributed by atoms with Gasteiger partial charge >= 0.3 is 0 Å². The van der Waals surface area contributed by atoms with Crippen molar-refractivity contribution in [2.45, 2.75) is 38.7 Å². The van der Waals surface area contributed by atoms with E-state index in [9.17, 15) is 5.11 Å². The molecule has 2 aliphatic heterocycles. The number of aliphatic hydroxyl groups is 1. The van der Waals surface area contributed by atoms with Crippen LogP contribution in [-0.4, -0.2) is 61.5 Å². The van der Waals surface area contributed by atoms with Crippen LogP contribution in [0.1, 0.15) is 33.1 Å². The Morgan fingerprint density at radius 2 is 2.00 bits per heavy atom. The molecular weight excluding hydrogens is 228 g/mol. The van der Waals surface area contributed by atoms with Gasteiger partial charge in [0, 0.05) is 38.2 Å². The smallest absolute Gasteiger partial charge is 0.0644 e. The van der Waals surface area contributed by atoms with Crippen LogP contribution in [0.5, 0.6) is 0 Å². The largest absolute Gasteiger partial charge is 0.390 e. The highest BCUT2D eigenvalue weighted by molar-refractivity contribution is 4.91. The average molecular weight is 256 g/mol. The maximum atomic E-state index is 10.00. The summed E-state index contributed by atoms with van der Waals surface area (Å²) in [6, 6.07) is 0. The molecule has 0 spiro atoms. The number of piperidine rings is 1. The molecular formula is C14H28N2O2. The molecule has 1 atom stereocenters. The van der Waals surface area contributed by atoms with Gasteiger partial charge in [0.2, 0.25) is 0 Å². The second-order valence-corrected chi connectivity index (χ2v) is 6.36. The van der Waals surface area contributed by atoms with Crippen LogP contribution in [0.15, 0.2) is 0 Å². The van der Waals surface area contributed by atoms with E-state index < -0.39 is 5.60 Å². The number of hydrogen-bond acceptors (Lipinski definition) is 4. The van der Waals surface area contributed by atoms with Gasteiger partial charge in [-0.15, -0.1) is 0 Å². The van der Waals surface area contributed by atoms with Gasteiger partial charge in [-0.25, -0.2) is 0 Å². The minimum atomic E-state index is -0.447. The number of hydrogen-bond donors (Lipinski definition) is 2. The van der Waals surface area contributed by atoms with E-state index in [1.165, 1.54) is 0 Å². The molecule has 0 saturated carbocycles. The van der Waals surface area contributed by atoms with Crippen LogP contribution in [-0.2, 0) is 4.74 Å². The average Bonchev–Trinajstić information content (AvgIpc) is 2.79. The molecule has 1 unspecified atom stereocenters. The first kappa shape index (κ1) is 14.3. The summed E-state index contributed by atoms with van der Waals surface area (Å²) in [5, 5.41) is 13.5. The minimum absolute atomic E-state index is 0.291. The van der Waals surface area contributed by atoms with Gasteiger partial charge in [0.15, 0.2) is 0 Å². The second-order valence-electron chi connectivity index (χ2n) is 6.36. The number of rotatable bonds is 5. The minimum Gasteiger partial charge on any atom is -0.390 e. The van der Waals surface area contributed by atoms with Crippen LogP contribution < -0.4 is 5.32 Å². The number of nitrogens with one attached hydrogen (secondary N) is 1. The van der Waals surface area contributed by atoms with Gasteiger partial charge in [-0.2, -0.15) is 0 Å². The number of ether oxygens (including phenoxy) is 1. The summed E-state index contributed by atoms with van der Waals surface area (Å²) < 4.78 is 5.62. The lowest BCUT2D eigenvalue weighted by atomic mass is 9.84. The molecule has 2 saturated heterocycles. The lowest BCUT2D eigenvalue weighted by Crippen LogP contribution is -2.49. The third kappa shape index (κ3) is 3.67. The predicted molar refractivity (Wildman–Crippen MR) is 72.7 cm³/mol. The molecule has 0 amide bonds. The topological polar surface area (TPSA) is 44.7 Å². The van der Waals surface area contributed by atoms with Gasteiger partial charge in [0.25, 0.3) is 0 Å². The molecule has 18 heavy (non-hydrogen) atoms. The first-order valence-electron chi connectivity index (χ1n) is 7.29. The maximum absolute atomic E-state index is 10.00. The molecule has 0 bridgehead atoms. The van der Waals surface area contributed by atoms with E-state index in [-0.39, 0.29) is 0 Å². The van der Waals surface area contributed by atoms with E-state index in [0.717, 1.165) is 65.2 Å². The van der Waals surface area contributed by atoms with Crippen molar-refractivity contribution in [1.29, 1.82) is 0 Å². The Kier molecular flexibility index (Phi) is 4.64. The molecule has 0 radical (unpaired) electrons. The normalized spacial score (nSPS) is 32.8. The monoisotopic (exact) mass is 256 g/mol. The standard InChI is InChI=1S/C14H28N2O2/c1-3-15-10-14(6-9-18-12-14)11-16-7-4-13(2,17)5-8-16/h15,17H,3-12H2,1-2H3. The molecule has 0 aromatic heterocycles. The van der Waals surface area contributed by atoms with Crippen molar-refractivity contribution in [3.63, 3.8) is 0 Å². The van der Waals surface area contributed by atoms with Crippen LogP contribution in [0.4, 0.5) is 0 Å². The number of nitrogens with zero attached hydrogens (tertiary/aromatic N) is 1. The Labute approximate surface area is 111 Å². The first-order chi connectivity index (χ1) is 8.55. The van der Waals surface area contributed by atoms with E-state index in [4.69, 9.17) is 4.74 Å². The van der Waals surface area contributed by atoms with Gasteiger partial charge in [-0.05, 0) is 32.7 Å². The van der Waals surface area contributed by atoms with Gasteiger partial charge in [-0.1, -0.05) is 6.92 Å². The van der Waals surface area contributed by atoms with Crippen LogP contribution in [0.2, 0.25) is 0 Å². The Morgan fingerprint density at radius 1 is 1.28 bits per heavy atom. The maximum Gasteiger partial charge on any atom is 0.0644 e. The molecule has 106 valence electrons. The van der Waals surface area contributed by atoms with Crippen molar-refractivity contribution in [3.05, 3.63) is 0 Å². The zero-order valence-electron chi connectivity index (χ0n) is 11.9. The highest BCUT2D eigenvalue weighted by Gasteiger charge is 2.38. The Morgan fingerprint density at radius 3 is 2.56 bits per heavy atom. The molecule has 0 aromatic carbocycles. The second kappa shape index (κ2) is 5.87. The predicted octanol–water partition coefficient (Wildman–Crippen LogP) is 0.849. The molecule has 2 N–H and O–H groups in total. The van der Waals surface area contributed by atoms with Crippen molar-refractivity contribution in [2.24, 2.45) is 5.41 Å². The van der Waals surface area contributed by atoms with E-state index in [1.807, 2.05) is 6.92 Å². The molecule has 0 aliphatic carbocycles. The molecule has 0 aromatic rings. The zero-order chi connectivity index (χ0) is 13.1. The lowest BCUT2D eigenvalue weighted by molar-refractivity contribution is -0.0168. The van der Waals surface area contributed by atoms with Crippen molar-refractivity contribution >= 4 is 0 Å². The lowest BCUT2D eigenvalue weighted by Gasteiger charge is -2.40. The van der Waals surface area contributed by atoms with Gasteiger partial charge in [0.1, 0.15) is 0 Å². The summed E-state index contributed by atoms with van der Waals surface area (Å²) in [5.74, 6) is 0. The van der Waals surface area contributed by atoms with E-state index in [2.05, 4.69) is 17.1 Å². The number of likely N-dealkylation sites (tertiary alicyclic amines) is 1. The summed E-state index contributed by atoms with van der Waals surface area (Å²) in [7, 11) is 0. The molecule has 2 aliphatic rings. The van der Waals surface area contributed by atoms with Crippen molar-refractivity contribution in [3.8, 4) is 0 Å². The summed E-state index contributed by atoms with van der Waals surface area (Å²) >= 11 is 0. The fraction of sp³-hybridized carbons (Fsp3) is 1.00. The van der Waals surface area contributed by atoms with Crippen LogP contribution >= 0.6 is 0 Å². The highest BCUT2D eigenvalue weighted by Crippen LogP contribution is 2.31. The molecule has 2 fully saturated rings. The fourth-order valence-electron chi connectivity index (χ4n) is 3.03. The Bertz CT molecular complexity index is 253. The van der Waals surface area contributed by atoms with Crippen molar-refractivity contribution in [2.75, 3.05) is 45.9 Å². The third-order valence-corrected chi connectivity index (χ3v) is 4.43. The molecule has 4 heteroatoms. The van der Waals surface area contributed by atoms with E-state index in [1.54, 1.807) is 0 Å². The highest BCUT2D eigenvalue weighted by atomic mass is 16.5. The van der Waals surface area contributed by atoms with Gasteiger partial charge in [-0.3, -0.25) is 0 Å². The fourth-order valence-corrected chi connectivity index (χ4v) is 3.03. The van der Waals surface area contributed by atoms with Crippen LogP contribution in [0.25, 0.3) is 0 Å². The summed E-state index contributed by atoms with van der Waals surface area (Å²) in [6.45, 7) is 11.1. The summed E-state index contributed by atoms with van der Waals surface area (Å²) in [5.41, 5.74) is -0.156. The Hall–Kier alpha value is -0.160. The molecule has 2 rings (SSSR count). The van der Waals surface area contributed by atoms with Crippen molar-refractivity contribution < 1.29 is 9.84 Å². The third-order valence-electron chi connectivity index (χ3n) is 4.43. The summed E-state index contributed by atoms with van der Waals surface area (Å²) in [4.78, 5) is 2.50. The SMILES string of the molecule is CCNCC1(CN2CCC(C)(O)CC2)CCOC1. The van der Waals surface area contributed by atoms with Crippen LogP contribution in [0, 0.1) is 5.41 Å². The summed E-state index contributed by atoms with van der Waals surface area (Å²) in [6.07, 6.45) is 2.95. The Balaban J connectivity index is 1.86. The van der Waals surface area contributed by atoms with Crippen LogP contribution in [0.3, 0.4) is 0 Å². The molecule has 2 heterocycles. The quantitative estimate of drug-likeness (QED) is 0.765. The van der Waals surface area contributed by atoms with Crippen molar-refractivity contribution in [1.82, 2.24) is 10.2 Å². The zero-order valence-corrected chi connectivity index (χ0v) is 11.9. The molecule has 4 nitrogen and oxygen atoms in total. The van der Waals surface area contributed by atoms with E-state index in [0.29, 0.717) is 5.41 Å². The van der Waals surface area contributed by atoms with Gasteiger partial charge in [0.05, 0.1) is 12.2 Å². The van der Waals surface area contributed by atoms with E-state index >= 15 is 0 Å². The first-order valence-corrected chi connectivity index (χ1v) is 7.29.